The van der Waals surface area contributed by atoms with Crippen LogP contribution in [0.2, 0.25) is 0 Å². The lowest BCUT2D eigenvalue weighted by Gasteiger charge is -2.30. The van der Waals surface area contributed by atoms with Crippen LogP contribution in [0.3, 0.4) is 0 Å². The molecule has 1 aliphatic rings. The molecule has 0 unspecified atom stereocenters. The van der Waals surface area contributed by atoms with Crippen LogP contribution in [0, 0.1) is 0 Å². The van der Waals surface area contributed by atoms with Crippen LogP contribution in [0.1, 0.15) is 24.5 Å². The molecular weight excluding hydrogens is 294 g/mol. The molecule has 1 amide bonds. The molecule has 0 saturated carbocycles. The lowest BCUT2D eigenvalue weighted by atomic mass is 9.94. The number of hydrogen-bond donors (Lipinski definition) is 1. The van der Waals surface area contributed by atoms with Crippen molar-refractivity contribution in [3.05, 3.63) is 42.6 Å². The van der Waals surface area contributed by atoms with E-state index in [0.717, 1.165) is 31.6 Å². The summed E-state index contributed by atoms with van der Waals surface area (Å²) in [6.07, 6.45) is 8.56. The summed E-state index contributed by atoms with van der Waals surface area (Å²) in [4.78, 5) is 25.8. The van der Waals surface area contributed by atoms with Gasteiger partial charge >= 0.3 is 0 Å². The van der Waals surface area contributed by atoms with E-state index in [1.807, 2.05) is 6.07 Å². The lowest BCUT2D eigenvalue weighted by molar-refractivity contribution is -0.119. The highest BCUT2D eigenvalue weighted by Gasteiger charge is 2.23. The Bertz CT molecular complexity index is 657. The van der Waals surface area contributed by atoms with E-state index in [0.29, 0.717) is 24.1 Å². The highest BCUT2D eigenvalue weighted by Crippen LogP contribution is 2.28. The Morgan fingerprint density at radius 3 is 2.78 bits per heavy atom. The summed E-state index contributed by atoms with van der Waals surface area (Å²) in [5, 5.41) is 0. The average Bonchev–Trinajstić information content (AvgIpc) is 2.56. The van der Waals surface area contributed by atoms with Gasteiger partial charge in [-0.25, -0.2) is 4.98 Å². The molecule has 7 heteroatoms. The quantitative estimate of drug-likeness (QED) is 0.895. The van der Waals surface area contributed by atoms with E-state index in [9.17, 15) is 4.79 Å². The molecule has 120 valence electrons. The summed E-state index contributed by atoms with van der Waals surface area (Å²) in [7, 11) is 0. The normalized spacial score (nSPS) is 16.2. The van der Waals surface area contributed by atoms with Gasteiger partial charge in [0.25, 0.3) is 0 Å². The molecule has 1 saturated heterocycles. The number of likely N-dealkylation sites (tertiary alicyclic amines) is 1. The van der Waals surface area contributed by atoms with Gasteiger partial charge in [-0.15, -0.1) is 0 Å². The Balaban J connectivity index is 1.63. The number of amides is 1. The van der Waals surface area contributed by atoms with Crippen molar-refractivity contribution in [2.45, 2.75) is 18.8 Å². The Morgan fingerprint density at radius 2 is 2.09 bits per heavy atom. The van der Waals surface area contributed by atoms with Gasteiger partial charge in [0, 0.05) is 18.3 Å². The van der Waals surface area contributed by atoms with E-state index >= 15 is 0 Å². The van der Waals surface area contributed by atoms with E-state index in [1.54, 1.807) is 30.9 Å². The predicted octanol–water partition coefficient (Wildman–Crippen LogP) is 1.33. The zero-order chi connectivity index (χ0) is 16.1. The number of rotatable bonds is 5. The first kappa shape index (κ1) is 15.4. The second-order valence-electron chi connectivity index (χ2n) is 5.59. The average molecular weight is 313 g/mol. The third kappa shape index (κ3) is 4.23. The Morgan fingerprint density at radius 1 is 1.26 bits per heavy atom. The van der Waals surface area contributed by atoms with Crippen LogP contribution in [0.15, 0.2) is 36.9 Å². The number of aromatic nitrogens is 3. The molecule has 0 radical (unpaired) electrons. The number of carbonyl (C=O) groups is 1. The van der Waals surface area contributed by atoms with Crippen molar-refractivity contribution >= 4 is 5.91 Å². The number of nitrogens with two attached hydrogens (primary N) is 1. The lowest BCUT2D eigenvalue weighted by Crippen LogP contribution is -2.39. The number of piperidine rings is 1. The molecule has 1 fully saturated rings. The highest BCUT2D eigenvalue weighted by molar-refractivity contribution is 5.75. The van der Waals surface area contributed by atoms with E-state index in [-0.39, 0.29) is 5.91 Å². The minimum Gasteiger partial charge on any atom is -0.436 e. The highest BCUT2D eigenvalue weighted by atomic mass is 16.5. The van der Waals surface area contributed by atoms with Gasteiger partial charge in [0.2, 0.25) is 11.8 Å². The van der Waals surface area contributed by atoms with Gasteiger partial charge in [-0.1, -0.05) is 0 Å². The van der Waals surface area contributed by atoms with Gasteiger partial charge in [-0.2, -0.15) is 0 Å². The van der Waals surface area contributed by atoms with Gasteiger partial charge in [-0.3, -0.25) is 19.7 Å². The van der Waals surface area contributed by atoms with Gasteiger partial charge in [0.15, 0.2) is 0 Å². The van der Waals surface area contributed by atoms with Crippen LogP contribution in [-0.2, 0) is 4.79 Å². The number of nitrogens with zero attached hydrogens (tertiary/aromatic N) is 4. The summed E-state index contributed by atoms with van der Waals surface area (Å²) in [5.74, 6) is 1.14. The topological polar surface area (TPSA) is 94.2 Å². The molecule has 0 aromatic carbocycles. The summed E-state index contributed by atoms with van der Waals surface area (Å²) < 4.78 is 5.68. The van der Waals surface area contributed by atoms with Crippen molar-refractivity contribution in [1.29, 1.82) is 0 Å². The predicted molar refractivity (Wildman–Crippen MR) is 84.0 cm³/mol. The third-order valence-corrected chi connectivity index (χ3v) is 3.87. The zero-order valence-electron chi connectivity index (χ0n) is 12.8. The number of carbonyl (C=O) groups excluding carboxylic acids is 1. The van der Waals surface area contributed by atoms with Crippen LogP contribution in [0.5, 0.6) is 11.6 Å². The fourth-order valence-electron chi connectivity index (χ4n) is 2.74. The van der Waals surface area contributed by atoms with Crippen LogP contribution in [0.4, 0.5) is 0 Å². The van der Waals surface area contributed by atoms with Gasteiger partial charge in [0.1, 0.15) is 5.75 Å². The summed E-state index contributed by atoms with van der Waals surface area (Å²) in [6.45, 7) is 1.99. The van der Waals surface area contributed by atoms with Crippen molar-refractivity contribution in [2.24, 2.45) is 5.73 Å². The van der Waals surface area contributed by atoms with Crippen LogP contribution >= 0.6 is 0 Å². The second-order valence-corrected chi connectivity index (χ2v) is 5.59. The maximum atomic E-state index is 11.0. The van der Waals surface area contributed by atoms with Crippen molar-refractivity contribution in [2.75, 3.05) is 19.6 Å². The summed E-state index contributed by atoms with van der Waals surface area (Å²) in [5.41, 5.74) is 6.16. The molecule has 2 N–H and O–H groups in total. The monoisotopic (exact) mass is 313 g/mol. The maximum Gasteiger partial charge on any atom is 0.238 e. The molecule has 0 aliphatic carbocycles. The van der Waals surface area contributed by atoms with Crippen LogP contribution < -0.4 is 10.5 Å². The fourth-order valence-corrected chi connectivity index (χ4v) is 2.74. The molecule has 3 rings (SSSR count). The van der Waals surface area contributed by atoms with Gasteiger partial charge < -0.3 is 10.5 Å². The molecule has 1 aliphatic heterocycles. The zero-order valence-corrected chi connectivity index (χ0v) is 12.8. The number of ether oxygens (including phenoxy) is 1. The van der Waals surface area contributed by atoms with Crippen molar-refractivity contribution in [3.8, 4) is 11.6 Å². The van der Waals surface area contributed by atoms with E-state index < -0.39 is 0 Å². The number of pyridine rings is 1. The summed E-state index contributed by atoms with van der Waals surface area (Å²) >= 11 is 0. The SMILES string of the molecule is NC(=O)CN1CCC(c2cncc(Oc3cccnc3)n2)CC1. The smallest absolute Gasteiger partial charge is 0.238 e. The van der Waals surface area contributed by atoms with E-state index in [2.05, 4.69) is 19.9 Å². The van der Waals surface area contributed by atoms with E-state index in [4.69, 9.17) is 10.5 Å². The van der Waals surface area contributed by atoms with Gasteiger partial charge in [-0.05, 0) is 38.1 Å². The molecule has 2 aromatic rings. The van der Waals surface area contributed by atoms with Gasteiger partial charge in [0.05, 0.1) is 24.6 Å². The summed E-state index contributed by atoms with van der Waals surface area (Å²) in [6, 6.07) is 3.63. The molecule has 23 heavy (non-hydrogen) atoms. The molecule has 3 heterocycles. The minimum atomic E-state index is -0.282. The Labute approximate surface area is 134 Å². The van der Waals surface area contributed by atoms with Crippen molar-refractivity contribution in [3.63, 3.8) is 0 Å². The number of primary amides is 1. The van der Waals surface area contributed by atoms with Crippen molar-refractivity contribution < 1.29 is 9.53 Å². The third-order valence-electron chi connectivity index (χ3n) is 3.87. The van der Waals surface area contributed by atoms with Crippen LogP contribution in [-0.4, -0.2) is 45.4 Å². The molecule has 0 bridgehead atoms. The first-order valence-corrected chi connectivity index (χ1v) is 7.61. The number of hydrogen-bond acceptors (Lipinski definition) is 6. The van der Waals surface area contributed by atoms with E-state index in [1.165, 1.54) is 0 Å². The second kappa shape index (κ2) is 7.15. The standard InChI is InChI=1S/C16H19N5O2/c17-15(22)11-21-6-3-12(4-7-21)14-9-19-10-16(20-14)23-13-2-1-5-18-8-13/h1-2,5,8-10,12H,3-4,6-7,11H2,(H2,17,22). The molecule has 7 nitrogen and oxygen atoms in total. The molecule has 0 spiro atoms. The first-order valence-electron chi connectivity index (χ1n) is 7.61. The maximum absolute atomic E-state index is 11.0. The van der Waals surface area contributed by atoms with Crippen molar-refractivity contribution in [1.82, 2.24) is 19.9 Å². The largest absolute Gasteiger partial charge is 0.436 e. The Kier molecular flexibility index (Phi) is 4.77. The fraction of sp³-hybridized carbons (Fsp3) is 0.375. The molecule has 0 atom stereocenters. The molecular formula is C16H19N5O2. The first-order chi connectivity index (χ1) is 11.2. The molecule has 2 aromatic heterocycles. The Hall–Kier alpha value is -2.54. The van der Waals surface area contributed by atoms with Crippen LogP contribution in [0.25, 0.3) is 0 Å². The minimum absolute atomic E-state index is 0.282.